The van der Waals surface area contributed by atoms with Gasteiger partial charge in [-0.2, -0.15) is 10.5 Å². The molecule has 2 aromatic carbocycles. The second kappa shape index (κ2) is 8.29. The van der Waals surface area contributed by atoms with E-state index in [1.54, 1.807) is 36.4 Å². The van der Waals surface area contributed by atoms with E-state index in [-0.39, 0.29) is 0 Å². The Bertz CT molecular complexity index is 1200. The minimum absolute atomic E-state index is 0.406. The van der Waals surface area contributed by atoms with Crippen molar-refractivity contribution in [3.63, 3.8) is 0 Å². The van der Waals surface area contributed by atoms with Gasteiger partial charge in [0.05, 0.1) is 41.6 Å². The lowest BCUT2D eigenvalue weighted by molar-refractivity contribution is 0.0600. The number of ether oxygens (including phenoxy) is 1. The molecule has 0 aliphatic heterocycles. The van der Waals surface area contributed by atoms with Crippen molar-refractivity contribution >= 4 is 17.6 Å². The highest BCUT2D eigenvalue weighted by atomic mass is 16.5. The van der Waals surface area contributed by atoms with Gasteiger partial charge in [-0.15, -0.1) is 0 Å². The molecular formula is C24H19N3O2. The molecular weight excluding hydrogens is 362 g/mol. The fourth-order valence-electron chi connectivity index (χ4n) is 3.35. The summed E-state index contributed by atoms with van der Waals surface area (Å²) < 4.78 is 6.88. The van der Waals surface area contributed by atoms with E-state index in [9.17, 15) is 10.1 Å². The summed E-state index contributed by atoms with van der Waals surface area (Å²) in [6, 6.07) is 20.5. The van der Waals surface area contributed by atoms with Gasteiger partial charge in [0.15, 0.2) is 0 Å². The van der Waals surface area contributed by atoms with Gasteiger partial charge in [0.1, 0.15) is 0 Å². The number of aromatic nitrogens is 1. The highest BCUT2D eigenvalue weighted by molar-refractivity contribution is 5.94. The molecule has 0 bridgehead atoms. The van der Waals surface area contributed by atoms with Gasteiger partial charge in [0.25, 0.3) is 0 Å². The smallest absolute Gasteiger partial charge is 0.339 e. The third-order valence-corrected chi connectivity index (χ3v) is 4.74. The summed E-state index contributed by atoms with van der Waals surface area (Å²) in [5, 5.41) is 18.8. The number of para-hydroxylation sites is 1. The topological polar surface area (TPSA) is 78.8 Å². The van der Waals surface area contributed by atoms with Crippen LogP contribution >= 0.6 is 0 Å². The molecule has 1 aromatic heterocycles. The zero-order valence-corrected chi connectivity index (χ0v) is 16.4. The Kier molecular flexibility index (Phi) is 5.62. The summed E-state index contributed by atoms with van der Waals surface area (Å²) in [4.78, 5) is 12.2. The Morgan fingerprint density at radius 3 is 2.52 bits per heavy atom. The molecule has 0 aliphatic rings. The molecule has 142 valence electrons. The SMILES string of the molecule is COC(=O)c1ccccc1-n1c(C)cc(/C=C(/C#N)c2cccc(C#N)c2)c1C. The lowest BCUT2D eigenvalue weighted by atomic mass is 10.0. The third-order valence-electron chi connectivity index (χ3n) is 4.74. The maximum absolute atomic E-state index is 12.2. The van der Waals surface area contributed by atoms with E-state index in [4.69, 9.17) is 10.00 Å². The average molecular weight is 381 g/mol. The van der Waals surface area contributed by atoms with E-state index in [1.165, 1.54) is 7.11 Å². The van der Waals surface area contributed by atoms with Crippen LogP contribution in [0.15, 0.2) is 54.6 Å². The number of carbonyl (C=O) groups is 1. The van der Waals surface area contributed by atoms with Crippen LogP contribution in [-0.4, -0.2) is 17.6 Å². The minimum atomic E-state index is -0.406. The number of hydrogen-bond donors (Lipinski definition) is 0. The van der Waals surface area contributed by atoms with Crippen molar-refractivity contribution in [3.8, 4) is 17.8 Å². The Morgan fingerprint density at radius 2 is 1.83 bits per heavy atom. The van der Waals surface area contributed by atoms with Crippen LogP contribution in [0.25, 0.3) is 17.3 Å². The third kappa shape index (κ3) is 3.81. The molecule has 3 aromatic rings. The van der Waals surface area contributed by atoms with Crippen molar-refractivity contribution in [2.75, 3.05) is 7.11 Å². The number of benzene rings is 2. The van der Waals surface area contributed by atoms with Gasteiger partial charge in [-0.25, -0.2) is 4.79 Å². The van der Waals surface area contributed by atoms with Crippen molar-refractivity contribution in [2.24, 2.45) is 0 Å². The molecule has 0 saturated carbocycles. The highest BCUT2D eigenvalue weighted by Crippen LogP contribution is 2.27. The Labute approximate surface area is 169 Å². The van der Waals surface area contributed by atoms with Crippen molar-refractivity contribution in [1.82, 2.24) is 4.57 Å². The Morgan fingerprint density at radius 1 is 1.07 bits per heavy atom. The number of rotatable bonds is 4. The molecule has 0 N–H and O–H groups in total. The van der Waals surface area contributed by atoms with E-state index in [0.717, 1.165) is 22.6 Å². The Balaban J connectivity index is 2.14. The summed E-state index contributed by atoms with van der Waals surface area (Å²) in [7, 11) is 1.36. The average Bonchev–Trinajstić information content (AvgIpc) is 3.04. The van der Waals surface area contributed by atoms with E-state index < -0.39 is 5.97 Å². The monoisotopic (exact) mass is 381 g/mol. The second-order valence-corrected chi connectivity index (χ2v) is 6.53. The normalized spacial score (nSPS) is 10.9. The molecule has 0 amide bonds. The number of hydrogen-bond acceptors (Lipinski definition) is 4. The zero-order chi connectivity index (χ0) is 21.0. The number of methoxy groups -OCH3 is 1. The quantitative estimate of drug-likeness (QED) is 0.479. The number of carbonyl (C=O) groups excluding carboxylic acids is 1. The maximum atomic E-state index is 12.2. The first-order chi connectivity index (χ1) is 14.0. The number of nitriles is 2. The standard InChI is InChI=1S/C24H19N3O2/c1-16-11-20(13-21(15-26)19-8-6-7-18(12-19)14-25)17(2)27(16)23-10-5-4-9-22(23)24(28)29-3/h4-13H,1-3H3/b21-13-. The molecule has 5 nitrogen and oxygen atoms in total. The summed E-state index contributed by atoms with van der Waals surface area (Å²) >= 11 is 0. The van der Waals surface area contributed by atoms with Gasteiger partial charge < -0.3 is 9.30 Å². The molecule has 3 rings (SSSR count). The molecule has 0 saturated heterocycles. The number of esters is 1. The zero-order valence-electron chi connectivity index (χ0n) is 16.4. The lowest BCUT2D eigenvalue weighted by Gasteiger charge is -2.13. The van der Waals surface area contributed by atoms with E-state index in [0.29, 0.717) is 22.3 Å². The summed E-state index contributed by atoms with van der Waals surface area (Å²) in [5.41, 5.74) is 5.52. The largest absolute Gasteiger partial charge is 0.465 e. The van der Waals surface area contributed by atoms with Crippen molar-refractivity contribution in [1.29, 1.82) is 10.5 Å². The van der Waals surface area contributed by atoms with E-state index >= 15 is 0 Å². The molecule has 5 heteroatoms. The van der Waals surface area contributed by atoms with Gasteiger partial charge >= 0.3 is 5.97 Å². The fraction of sp³-hybridized carbons (Fsp3) is 0.125. The first-order valence-electron chi connectivity index (χ1n) is 8.99. The highest BCUT2D eigenvalue weighted by Gasteiger charge is 2.17. The molecule has 1 heterocycles. The van der Waals surface area contributed by atoms with Gasteiger partial charge in [0, 0.05) is 11.4 Å². The van der Waals surface area contributed by atoms with Gasteiger partial charge in [0.2, 0.25) is 0 Å². The lowest BCUT2D eigenvalue weighted by Crippen LogP contribution is -2.09. The summed E-state index contributed by atoms with van der Waals surface area (Å²) in [5.74, 6) is -0.406. The van der Waals surface area contributed by atoms with Crippen molar-refractivity contribution in [3.05, 3.63) is 88.2 Å². The van der Waals surface area contributed by atoms with Crippen LogP contribution in [0.3, 0.4) is 0 Å². The fourth-order valence-corrected chi connectivity index (χ4v) is 3.35. The van der Waals surface area contributed by atoms with E-state index in [2.05, 4.69) is 12.1 Å². The summed E-state index contributed by atoms with van der Waals surface area (Å²) in [6.45, 7) is 3.88. The molecule has 0 unspecified atom stereocenters. The van der Waals surface area contributed by atoms with Gasteiger partial charge in [-0.05, 0) is 61.4 Å². The van der Waals surface area contributed by atoms with Gasteiger partial charge in [-0.3, -0.25) is 0 Å². The minimum Gasteiger partial charge on any atom is -0.465 e. The summed E-state index contributed by atoms with van der Waals surface area (Å²) in [6.07, 6.45) is 1.80. The molecule has 0 fully saturated rings. The first kappa shape index (κ1) is 19.7. The van der Waals surface area contributed by atoms with Crippen LogP contribution in [0, 0.1) is 36.5 Å². The van der Waals surface area contributed by atoms with Crippen LogP contribution in [0.5, 0.6) is 0 Å². The van der Waals surface area contributed by atoms with Crippen LogP contribution < -0.4 is 0 Å². The molecule has 0 aliphatic carbocycles. The number of aryl methyl sites for hydroxylation is 1. The molecule has 0 spiro atoms. The van der Waals surface area contributed by atoms with E-state index in [1.807, 2.05) is 42.7 Å². The molecule has 29 heavy (non-hydrogen) atoms. The van der Waals surface area contributed by atoms with Gasteiger partial charge in [-0.1, -0.05) is 24.3 Å². The molecule has 0 atom stereocenters. The Hall–Kier alpha value is -4.09. The predicted molar refractivity (Wildman–Crippen MR) is 111 cm³/mol. The van der Waals surface area contributed by atoms with Crippen molar-refractivity contribution < 1.29 is 9.53 Å². The number of nitrogens with zero attached hydrogens (tertiary/aromatic N) is 3. The van der Waals surface area contributed by atoms with Crippen LogP contribution in [-0.2, 0) is 4.74 Å². The predicted octanol–water partition coefficient (Wildman–Crippen LogP) is 4.82. The van der Waals surface area contributed by atoms with Crippen LogP contribution in [0.1, 0.15) is 38.4 Å². The first-order valence-corrected chi connectivity index (χ1v) is 8.99. The van der Waals surface area contributed by atoms with Crippen LogP contribution in [0.4, 0.5) is 0 Å². The maximum Gasteiger partial charge on any atom is 0.339 e. The number of allylic oxidation sites excluding steroid dienone is 1. The second-order valence-electron chi connectivity index (χ2n) is 6.53. The molecule has 0 radical (unpaired) electrons. The van der Waals surface area contributed by atoms with Crippen molar-refractivity contribution in [2.45, 2.75) is 13.8 Å². The van der Waals surface area contributed by atoms with Crippen LogP contribution in [0.2, 0.25) is 0 Å².